The highest BCUT2D eigenvalue weighted by atomic mass is 19.1. The lowest BCUT2D eigenvalue weighted by Gasteiger charge is -2.11. The minimum atomic E-state index is -0.542. The second kappa shape index (κ2) is 5.30. The van der Waals surface area contributed by atoms with Crippen molar-refractivity contribution in [2.24, 2.45) is 5.92 Å². The van der Waals surface area contributed by atoms with E-state index in [9.17, 15) is 9.50 Å². The van der Waals surface area contributed by atoms with E-state index in [2.05, 4.69) is 5.32 Å². The minimum absolute atomic E-state index is 0.221. The van der Waals surface area contributed by atoms with Gasteiger partial charge in [-0.2, -0.15) is 0 Å². The minimum Gasteiger partial charge on any atom is -0.505 e. The lowest BCUT2D eigenvalue weighted by atomic mass is 10.1. The van der Waals surface area contributed by atoms with Crippen molar-refractivity contribution in [2.75, 3.05) is 6.54 Å². The van der Waals surface area contributed by atoms with Gasteiger partial charge in [0, 0.05) is 12.1 Å². The van der Waals surface area contributed by atoms with Crippen LogP contribution in [-0.2, 0) is 6.54 Å². The molecule has 1 aliphatic rings. The summed E-state index contributed by atoms with van der Waals surface area (Å²) in [6, 6.07) is 4.65. The molecule has 3 heteroatoms. The van der Waals surface area contributed by atoms with Crippen LogP contribution in [0.15, 0.2) is 18.2 Å². The van der Waals surface area contributed by atoms with Gasteiger partial charge in [-0.3, -0.25) is 0 Å². The maximum absolute atomic E-state index is 13.0. The summed E-state index contributed by atoms with van der Waals surface area (Å²) in [5.41, 5.74) is 0.637. The van der Waals surface area contributed by atoms with Crippen molar-refractivity contribution in [3.63, 3.8) is 0 Å². The molecule has 1 aliphatic carbocycles. The number of benzene rings is 1. The van der Waals surface area contributed by atoms with Crippen molar-refractivity contribution < 1.29 is 9.50 Å². The van der Waals surface area contributed by atoms with Crippen molar-refractivity contribution in [1.29, 1.82) is 0 Å². The molecule has 2 rings (SSSR count). The molecule has 88 valence electrons. The standard InChI is InChI=1S/C13H18FNO/c14-12-7-3-6-11(13(12)16)9-15-8-10-4-1-2-5-10/h3,6-7,10,15-16H,1-2,4-5,8-9H2. The van der Waals surface area contributed by atoms with Crippen molar-refractivity contribution in [3.05, 3.63) is 29.6 Å². The third kappa shape index (κ3) is 2.73. The highest BCUT2D eigenvalue weighted by Crippen LogP contribution is 2.24. The highest BCUT2D eigenvalue weighted by Gasteiger charge is 2.14. The lowest BCUT2D eigenvalue weighted by Crippen LogP contribution is -2.20. The van der Waals surface area contributed by atoms with Gasteiger partial charge in [0.05, 0.1) is 0 Å². The summed E-state index contributed by atoms with van der Waals surface area (Å²) < 4.78 is 13.0. The predicted molar refractivity (Wildman–Crippen MR) is 61.7 cm³/mol. The number of rotatable bonds is 4. The number of para-hydroxylation sites is 1. The molecule has 2 N–H and O–H groups in total. The Bertz CT molecular complexity index is 348. The van der Waals surface area contributed by atoms with Gasteiger partial charge in [0.1, 0.15) is 0 Å². The van der Waals surface area contributed by atoms with Crippen LogP contribution in [0.1, 0.15) is 31.2 Å². The van der Waals surface area contributed by atoms with Crippen molar-refractivity contribution in [2.45, 2.75) is 32.2 Å². The second-order valence-corrected chi connectivity index (χ2v) is 4.53. The summed E-state index contributed by atoms with van der Waals surface area (Å²) in [7, 11) is 0. The molecule has 1 saturated carbocycles. The zero-order valence-electron chi connectivity index (χ0n) is 9.38. The van der Waals surface area contributed by atoms with Gasteiger partial charge in [0.25, 0.3) is 0 Å². The molecule has 16 heavy (non-hydrogen) atoms. The molecule has 1 aromatic carbocycles. The fourth-order valence-corrected chi connectivity index (χ4v) is 2.33. The molecule has 0 saturated heterocycles. The number of nitrogens with one attached hydrogen (secondary N) is 1. The van der Waals surface area contributed by atoms with E-state index in [0.29, 0.717) is 12.1 Å². The molecule has 2 nitrogen and oxygen atoms in total. The summed E-state index contributed by atoms with van der Waals surface area (Å²) in [5.74, 6) is -0.00251. The van der Waals surface area contributed by atoms with Crippen LogP contribution < -0.4 is 5.32 Å². The summed E-state index contributed by atoms with van der Waals surface area (Å²) in [6.45, 7) is 1.51. The Morgan fingerprint density at radius 3 is 2.81 bits per heavy atom. The number of hydrogen-bond donors (Lipinski definition) is 2. The van der Waals surface area contributed by atoms with E-state index in [-0.39, 0.29) is 5.75 Å². The molecule has 0 bridgehead atoms. The molecule has 0 radical (unpaired) electrons. The predicted octanol–water partition coefficient (Wildman–Crippen LogP) is 2.81. The van der Waals surface area contributed by atoms with Gasteiger partial charge >= 0.3 is 0 Å². The molecule has 0 aromatic heterocycles. The number of aromatic hydroxyl groups is 1. The molecule has 0 amide bonds. The van der Waals surface area contributed by atoms with Crippen molar-refractivity contribution >= 4 is 0 Å². The average molecular weight is 223 g/mol. The summed E-state index contributed by atoms with van der Waals surface area (Å²) in [6.07, 6.45) is 5.25. The molecule has 0 heterocycles. The van der Waals surface area contributed by atoms with E-state index in [4.69, 9.17) is 0 Å². The second-order valence-electron chi connectivity index (χ2n) is 4.53. The number of hydrogen-bond acceptors (Lipinski definition) is 2. The van der Waals surface area contributed by atoms with Crippen LogP contribution in [0.5, 0.6) is 5.75 Å². The van der Waals surface area contributed by atoms with E-state index in [1.54, 1.807) is 12.1 Å². The first-order valence-corrected chi connectivity index (χ1v) is 5.94. The maximum Gasteiger partial charge on any atom is 0.165 e. The quantitative estimate of drug-likeness (QED) is 0.822. The van der Waals surface area contributed by atoms with Crippen LogP contribution in [0.3, 0.4) is 0 Å². The van der Waals surface area contributed by atoms with Crippen LogP contribution in [0.4, 0.5) is 4.39 Å². The fraction of sp³-hybridized carbons (Fsp3) is 0.538. The van der Waals surface area contributed by atoms with Gasteiger partial charge in [-0.05, 0) is 31.4 Å². The zero-order chi connectivity index (χ0) is 11.4. The highest BCUT2D eigenvalue weighted by molar-refractivity contribution is 5.33. The van der Waals surface area contributed by atoms with Crippen molar-refractivity contribution in [1.82, 2.24) is 5.32 Å². The average Bonchev–Trinajstić information content (AvgIpc) is 2.77. The van der Waals surface area contributed by atoms with Gasteiger partial charge < -0.3 is 10.4 Å². The van der Waals surface area contributed by atoms with Crippen LogP contribution in [0, 0.1) is 11.7 Å². The Morgan fingerprint density at radius 1 is 1.31 bits per heavy atom. The SMILES string of the molecule is Oc1c(F)cccc1CNCC1CCCC1. The summed E-state index contributed by atoms with van der Waals surface area (Å²) in [5, 5.41) is 12.8. The normalized spacial score (nSPS) is 16.8. The summed E-state index contributed by atoms with van der Waals surface area (Å²) in [4.78, 5) is 0. The van der Waals surface area contributed by atoms with Gasteiger partial charge in [0.15, 0.2) is 11.6 Å². The van der Waals surface area contributed by atoms with Crippen molar-refractivity contribution in [3.8, 4) is 5.75 Å². The topological polar surface area (TPSA) is 32.3 Å². The zero-order valence-corrected chi connectivity index (χ0v) is 9.38. The molecular weight excluding hydrogens is 205 g/mol. The molecule has 0 unspecified atom stereocenters. The largest absolute Gasteiger partial charge is 0.505 e. The molecule has 0 atom stereocenters. The third-order valence-electron chi connectivity index (χ3n) is 3.29. The van der Waals surface area contributed by atoms with E-state index in [1.807, 2.05) is 0 Å². The number of phenols is 1. The molecule has 1 fully saturated rings. The van der Waals surface area contributed by atoms with E-state index in [0.717, 1.165) is 12.5 Å². The van der Waals surface area contributed by atoms with Gasteiger partial charge in [-0.15, -0.1) is 0 Å². The van der Waals surface area contributed by atoms with Gasteiger partial charge in [-0.1, -0.05) is 25.0 Å². The Labute approximate surface area is 95.5 Å². The smallest absolute Gasteiger partial charge is 0.165 e. The summed E-state index contributed by atoms with van der Waals surface area (Å²) >= 11 is 0. The third-order valence-corrected chi connectivity index (χ3v) is 3.29. The Balaban J connectivity index is 1.82. The van der Waals surface area contributed by atoms with E-state index >= 15 is 0 Å². The molecule has 0 aliphatic heterocycles. The van der Waals surface area contributed by atoms with Gasteiger partial charge in [0.2, 0.25) is 0 Å². The first kappa shape index (κ1) is 11.4. The Hall–Kier alpha value is -1.09. The molecule has 1 aromatic rings. The lowest BCUT2D eigenvalue weighted by molar-refractivity contribution is 0.419. The maximum atomic E-state index is 13.0. The van der Waals surface area contributed by atoms with Crippen LogP contribution >= 0.6 is 0 Å². The van der Waals surface area contributed by atoms with Crippen LogP contribution in [0.25, 0.3) is 0 Å². The van der Waals surface area contributed by atoms with Gasteiger partial charge in [-0.25, -0.2) is 4.39 Å². The first-order valence-electron chi connectivity index (χ1n) is 5.94. The van der Waals surface area contributed by atoms with Crippen LogP contribution in [0.2, 0.25) is 0 Å². The molecule has 0 spiro atoms. The van der Waals surface area contributed by atoms with E-state index in [1.165, 1.54) is 31.7 Å². The fourth-order valence-electron chi connectivity index (χ4n) is 2.33. The van der Waals surface area contributed by atoms with E-state index < -0.39 is 5.82 Å². The number of phenolic OH excluding ortho intramolecular Hbond substituents is 1. The first-order chi connectivity index (χ1) is 7.77. The van der Waals surface area contributed by atoms with Crippen LogP contribution in [-0.4, -0.2) is 11.7 Å². The number of halogens is 1. The Kier molecular flexibility index (Phi) is 3.78. The monoisotopic (exact) mass is 223 g/mol. The molecular formula is C13H18FNO. The Morgan fingerprint density at radius 2 is 2.06 bits per heavy atom.